The fraction of sp³-hybridized carbons (Fsp3) is 0.167. The molecule has 3 nitrogen and oxygen atoms in total. The Morgan fingerprint density at radius 2 is 2.22 bits per heavy atom. The van der Waals surface area contributed by atoms with E-state index in [2.05, 4.69) is 16.9 Å². The first kappa shape index (κ1) is 6.16. The predicted molar refractivity (Wildman–Crippen MR) is 32.4 cm³/mol. The van der Waals surface area contributed by atoms with Gasteiger partial charge in [0.15, 0.2) is 0 Å². The van der Waals surface area contributed by atoms with E-state index >= 15 is 0 Å². The molecule has 0 bridgehead atoms. The highest BCUT2D eigenvalue weighted by molar-refractivity contribution is 5.03. The average molecular weight is 123 g/mol. The lowest BCUT2D eigenvalue weighted by molar-refractivity contribution is 0.276. The number of hydrogen-bond acceptors (Lipinski definition) is 3. The highest BCUT2D eigenvalue weighted by Gasteiger charge is 1.88. The molecule has 3 heteroatoms. The molecule has 1 aromatic rings. The quantitative estimate of drug-likeness (QED) is 0.578. The molecule has 1 N–H and O–H groups in total. The third kappa shape index (κ3) is 1.47. The van der Waals surface area contributed by atoms with E-state index in [0.717, 1.165) is 0 Å². The summed E-state index contributed by atoms with van der Waals surface area (Å²) < 4.78 is 0. The molecule has 0 aromatic carbocycles. The Morgan fingerprint density at radius 3 is 2.67 bits per heavy atom. The lowest BCUT2D eigenvalue weighted by Crippen LogP contribution is -1.90. The lowest BCUT2D eigenvalue weighted by atomic mass is 10.4. The molecule has 0 unspecified atom stereocenters. The van der Waals surface area contributed by atoms with E-state index in [9.17, 15) is 0 Å². The second-order valence-corrected chi connectivity index (χ2v) is 1.66. The van der Waals surface area contributed by atoms with Gasteiger partial charge in [0.05, 0.1) is 24.2 Å². The average Bonchev–Trinajstić information content (AvgIpc) is 1.90. The Kier molecular flexibility index (Phi) is 1.75. The van der Waals surface area contributed by atoms with Crippen LogP contribution < -0.4 is 0 Å². The zero-order chi connectivity index (χ0) is 6.69. The van der Waals surface area contributed by atoms with Gasteiger partial charge in [0.25, 0.3) is 0 Å². The van der Waals surface area contributed by atoms with Crippen LogP contribution >= 0.6 is 0 Å². The molecule has 0 aliphatic heterocycles. The van der Waals surface area contributed by atoms with Crippen LogP contribution in [0.3, 0.4) is 0 Å². The van der Waals surface area contributed by atoms with Gasteiger partial charge in [0, 0.05) is 6.20 Å². The predicted octanol–water partition coefficient (Wildman–Crippen LogP) is 0.151. The zero-order valence-electron chi connectivity index (χ0n) is 4.91. The lowest BCUT2D eigenvalue weighted by Gasteiger charge is -1.92. The van der Waals surface area contributed by atoms with Crippen molar-refractivity contribution >= 4 is 0 Å². The first-order valence-electron chi connectivity index (χ1n) is 2.56. The van der Waals surface area contributed by atoms with Gasteiger partial charge in [-0.25, -0.2) is 0 Å². The number of aliphatic hydroxyl groups is 1. The minimum absolute atomic E-state index is 0.0622. The van der Waals surface area contributed by atoms with Crippen molar-refractivity contribution in [3.05, 3.63) is 30.7 Å². The Bertz CT molecular complexity index is 183. The van der Waals surface area contributed by atoms with E-state index in [4.69, 9.17) is 5.11 Å². The second-order valence-electron chi connectivity index (χ2n) is 1.66. The maximum Gasteiger partial charge on any atom is 0.0868 e. The van der Waals surface area contributed by atoms with Crippen LogP contribution in [0.1, 0.15) is 11.4 Å². The summed E-state index contributed by atoms with van der Waals surface area (Å²) in [7, 11) is 0. The van der Waals surface area contributed by atoms with E-state index in [1.807, 2.05) is 0 Å². The Balaban J connectivity index is 2.88. The van der Waals surface area contributed by atoms with Gasteiger partial charge < -0.3 is 5.11 Å². The molecule has 1 rings (SSSR count). The van der Waals surface area contributed by atoms with E-state index < -0.39 is 0 Å². The van der Waals surface area contributed by atoms with Gasteiger partial charge in [-0.05, 0) is 6.92 Å². The van der Waals surface area contributed by atoms with Crippen LogP contribution in [0.2, 0.25) is 0 Å². The fourth-order valence-electron chi connectivity index (χ4n) is 0.463. The summed E-state index contributed by atoms with van der Waals surface area (Å²) in [6.45, 7) is 3.48. The Labute approximate surface area is 53.4 Å². The van der Waals surface area contributed by atoms with Crippen LogP contribution in [0, 0.1) is 6.92 Å². The van der Waals surface area contributed by atoms with Crippen molar-refractivity contribution in [3.8, 4) is 0 Å². The minimum Gasteiger partial charge on any atom is -0.390 e. The molecule has 0 saturated heterocycles. The molecule has 0 spiro atoms. The smallest absolute Gasteiger partial charge is 0.0868 e. The summed E-state index contributed by atoms with van der Waals surface area (Å²) in [6.07, 6.45) is 3.02. The normalized spacial score (nSPS) is 9.56. The van der Waals surface area contributed by atoms with Crippen LogP contribution in [-0.4, -0.2) is 15.1 Å². The third-order valence-corrected chi connectivity index (χ3v) is 0.921. The molecule has 47 valence electrons. The molecule has 0 fully saturated rings. The molecular formula is C6H7N2O. The van der Waals surface area contributed by atoms with Crippen LogP contribution in [0.15, 0.2) is 12.4 Å². The van der Waals surface area contributed by atoms with Crippen molar-refractivity contribution in [2.45, 2.75) is 6.61 Å². The van der Waals surface area contributed by atoms with Crippen molar-refractivity contribution in [2.24, 2.45) is 0 Å². The number of aromatic nitrogens is 2. The molecule has 1 aromatic heterocycles. The summed E-state index contributed by atoms with van der Waals surface area (Å²) in [6, 6.07) is 0. The molecule has 0 amide bonds. The van der Waals surface area contributed by atoms with Gasteiger partial charge >= 0.3 is 0 Å². The van der Waals surface area contributed by atoms with Crippen molar-refractivity contribution < 1.29 is 5.11 Å². The molecular weight excluding hydrogens is 116 g/mol. The molecule has 0 aliphatic rings. The number of hydrogen-bond donors (Lipinski definition) is 1. The molecule has 0 saturated carbocycles. The fourth-order valence-corrected chi connectivity index (χ4v) is 0.463. The Morgan fingerprint density at radius 1 is 1.44 bits per heavy atom. The SMILES string of the molecule is [CH2]c1cnc(CO)cn1. The van der Waals surface area contributed by atoms with Crippen LogP contribution in [0.5, 0.6) is 0 Å². The van der Waals surface area contributed by atoms with Crippen molar-refractivity contribution in [3.63, 3.8) is 0 Å². The van der Waals surface area contributed by atoms with Crippen molar-refractivity contribution in [2.75, 3.05) is 0 Å². The van der Waals surface area contributed by atoms with E-state index in [0.29, 0.717) is 11.4 Å². The number of nitrogens with zero attached hydrogens (tertiary/aromatic N) is 2. The summed E-state index contributed by atoms with van der Waals surface area (Å²) in [5.41, 5.74) is 1.19. The topological polar surface area (TPSA) is 46.0 Å². The third-order valence-electron chi connectivity index (χ3n) is 0.921. The standard InChI is InChI=1S/C6H7N2O/c1-5-2-8-6(4-9)3-7-5/h2-3,9H,1,4H2. The maximum atomic E-state index is 8.51. The highest BCUT2D eigenvalue weighted by Crippen LogP contribution is 1.91. The molecule has 9 heavy (non-hydrogen) atoms. The number of aliphatic hydroxyl groups excluding tert-OH is 1. The summed E-state index contributed by atoms with van der Waals surface area (Å²) in [5.74, 6) is 0. The van der Waals surface area contributed by atoms with E-state index in [-0.39, 0.29) is 6.61 Å². The minimum atomic E-state index is -0.0622. The van der Waals surface area contributed by atoms with Crippen LogP contribution in [-0.2, 0) is 6.61 Å². The van der Waals surface area contributed by atoms with Gasteiger partial charge in [-0.1, -0.05) is 0 Å². The van der Waals surface area contributed by atoms with Gasteiger partial charge in [-0.3, -0.25) is 9.97 Å². The molecule has 0 atom stereocenters. The van der Waals surface area contributed by atoms with Crippen LogP contribution in [0.25, 0.3) is 0 Å². The molecule has 1 radical (unpaired) electrons. The van der Waals surface area contributed by atoms with E-state index in [1.165, 1.54) is 12.4 Å². The maximum absolute atomic E-state index is 8.51. The van der Waals surface area contributed by atoms with Crippen molar-refractivity contribution in [1.29, 1.82) is 0 Å². The first-order chi connectivity index (χ1) is 4.33. The number of rotatable bonds is 1. The first-order valence-corrected chi connectivity index (χ1v) is 2.56. The highest BCUT2D eigenvalue weighted by atomic mass is 16.3. The van der Waals surface area contributed by atoms with Gasteiger partial charge in [0.2, 0.25) is 0 Å². The van der Waals surface area contributed by atoms with Gasteiger partial charge in [-0.2, -0.15) is 0 Å². The Hall–Kier alpha value is -0.960. The summed E-state index contributed by atoms with van der Waals surface area (Å²) >= 11 is 0. The monoisotopic (exact) mass is 123 g/mol. The largest absolute Gasteiger partial charge is 0.390 e. The van der Waals surface area contributed by atoms with Crippen molar-refractivity contribution in [1.82, 2.24) is 9.97 Å². The summed E-state index contributed by atoms with van der Waals surface area (Å²) in [4.78, 5) is 7.64. The molecule has 1 heterocycles. The zero-order valence-corrected chi connectivity index (χ0v) is 4.91. The molecule has 0 aliphatic carbocycles. The van der Waals surface area contributed by atoms with Gasteiger partial charge in [0.1, 0.15) is 0 Å². The van der Waals surface area contributed by atoms with Crippen LogP contribution in [0.4, 0.5) is 0 Å². The second kappa shape index (κ2) is 2.55. The summed E-state index contributed by atoms with van der Waals surface area (Å²) in [5, 5.41) is 8.51. The van der Waals surface area contributed by atoms with Gasteiger partial charge in [-0.15, -0.1) is 0 Å². The van der Waals surface area contributed by atoms with E-state index in [1.54, 1.807) is 0 Å².